The van der Waals surface area contributed by atoms with Gasteiger partial charge in [0.2, 0.25) is 5.95 Å². The largest absolute Gasteiger partial charge is 0.392 e. The molecule has 1 saturated heterocycles. The Bertz CT molecular complexity index is 985. The number of nitrogens with one attached hydrogen (secondary N) is 3. The lowest BCUT2D eigenvalue weighted by Crippen LogP contribution is -2.35. The van der Waals surface area contributed by atoms with E-state index in [-0.39, 0.29) is 13.4 Å². The first-order chi connectivity index (χ1) is 14.1. The number of piperidine rings is 1. The second-order valence-corrected chi connectivity index (χ2v) is 7.36. The zero-order valence-corrected chi connectivity index (χ0v) is 16.4. The highest BCUT2D eigenvalue weighted by Crippen LogP contribution is 2.21. The minimum atomic E-state index is -0.388. The van der Waals surface area contributed by atoms with Crippen LogP contribution in [0.2, 0.25) is 0 Å². The van der Waals surface area contributed by atoms with E-state index in [2.05, 4.69) is 26.0 Å². The van der Waals surface area contributed by atoms with E-state index in [4.69, 9.17) is 0 Å². The lowest BCUT2D eigenvalue weighted by atomic mass is 9.89. The van der Waals surface area contributed by atoms with Gasteiger partial charge in [-0.1, -0.05) is 6.07 Å². The molecule has 1 aliphatic heterocycles. The van der Waals surface area contributed by atoms with Gasteiger partial charge >= 0.3 is 0 Å². The minimum absolute atomic E-state index is 0. The van der Waals surface area contributed by atoms with Crippen molar-refractivity contribution in [3.05, 3.63) is 53.7 Å². The van der Waals surface area contributed by atoms with E-state index in [0.717, 1.165) is 43.0 Å². The number of aromatic nitrogens is 3. The van der Waals surface area contributed by atoms with Crippen LogP contribution in [-0.4, -0.2) is 51.9 Å². The number of anilines is 2. The van der Waals surface area contributed by atoms with Crippen molar-refractivity contribution < 1.29 is 11.3 Å². The quantitative estimate of drug-likeness (QED) is 0.508. The van der Waals surface area contributed by atoms with Crippen molar-refractivity contribution in [2.24, 2.45) is 5.92 Å². The molecule has 1 aliphatic rings. The highest BCUT2D eigenvalue weighted by molar-refractivity contribution is 5.94. The summed E-state index contributed by atoms with van der Waals surface area (Å²) >= 11 is 0. The fourth-order valence-corrected chi connectivity index (χ4v) is 3.76. The maximum absolute atomic E-state index is 11.7. The zero-order valence-electron chi connectivity index (χ0n) is 16.4. The Labute approximate surface area is 170 Å². The number of pyridine rings is 1. The fraction of sp³-hybridized carbons (Fsp3) is 0.381. The third-order valence-electron chi connectivity index (χ3n) is 5.41. The second kappa shape index (κ2) is 8.59. The number of carbonyl (C=O) groups excluding carboxylic acids is 1. The van der Waals surface area contributed by atoms with E-state index in [0.29, 0.717) is 23.9 Å². The molecule has 3 aromatic rings. The first-order valence-electron chi connectivity index (χ1n) is 9.96. The molecule has 0 radical (unpaired) electrons. The SMILES string of the molecule is CNC(=O)c1ccc(Nc2nc3cccc(CC(O)C4CCNCC4)n3n2)cc1.[HH]. The van der Waals surface area contributed by atoms with Crippen LogP contribution in [0.4, 0.5) is 11.6 Å². The van der Waals surface area contributed by atoms with Gasteiger partial charge in [0.15, 0.2) is 5.65 Å². The van der Waals surface area contributed by atoms with Crippen LogP contribution >= 0.6 is 0 Å². The Hall–Kier alpha value is -2.97. The van der Waals surface area contributed by atoms with Gasteiger partial charge in [0, 0.05) is 31.8 Å². The molecule has 0 saturated carbocycles. The Kier molecular flexibility index (Phi) is 5.73. The average Bonchev–Trinajstić information content (AvgIpc) is 3.18. The van der Waals surface area contributed by atoms with E-state index in [9.17, 15) is 9.90 Å². The highest BCUT2D eigenvalue weighted by atomic mass is 16.3. The van der Waals surface area contributed by atoms with Crippen molar-refractivity contribution in [2.75, 3.05) is 25.5 Å². The summed E-state index contributed by atoms with van der Waals surface area (Å²) in [5.41, 5.74) is 3.05. The topological polar surface area (TPSA) is 104 Å². The highest BCUT2D eigenvalue weighted by Gasteiger charge is 2.23. The molecule has 29 heavy (non-hydrogen) atoms. The van der Waals surface area contributed by atoms with Gasteiger partial charge in [-0.3, -0.25) is 4.79 Å². The number of benzene rings is 1. The van der Waals surface area contributed by atoms with E-state index in [1.54, 1.807) is 23.7 Å². The van der Waals surface area contributed by atoms with E-state index in [1.807, 2.05) is 30.3 Å². The average molecular weight is 396 g/mol. The minimum Gasteiger partial charge on any atom is -0.392 e. The first-order valence-corrected chi connectivity index (χ1v) is 9.96. The van der Waals surface area contributed by atoms with Crippen molar-refractivity contribution in [2.45, 2.75) is 25.4 Å². The molecule has 1 amide bonds. The molecule has 154 valence electrons. The molecule has 1 aromatic carbocycles. The van der Waals surface area contributed by atoms with Crippen LogP contribution in [0.15, 0.2) is 42.5 Å². The van der Waals surface area contributed by atoms with Crippen LogP contribution in [0.1, 0.15) is 30.3 Å². The van der Waals surface area contributed by atoms with E-state index >= 15 is 0 Å². The third-order valence-corrected chi connectivity index (χ3v) is 5.41. The Morgan fingerprint density at radius 3 is 2.76 bits per heavy atom. The molecule has 0 bridgehead atoms. The molecule has 0 aliphatic carbocycles. The van der Waals surface area contributed by atoms with Gasteiger partial charge in [-0.15, -0.1) is 5.10 Å². The fourth-order valence-electron chi connectivity index (χ4n) is 3.76. The number of rotatable bonds is 6. The van der Waals surface area contributed by atoms with Gasteiger partial charge in [0.1, 0.15) is 0 Å². The second-order valence-electron chi connectivity index (χ2n) is 7.36. The number of hydrogen-bond acceptors (Lipinski definition) is 6. The van der Waals surface area contributed by atoms with Crippen LogP contribution in [0.25, 0.3) is 5.65 Å². The molecule has 4 rings (SSSR count). The summed E-state index contributed by atoms with van der Waals surface area (Å²) in [7, 11) is 1.61. The lowest BCUT2D eigenvalue weighted by Gasteiger charge is -2.27. The summed E-state index contributed by atoms with van der Waals surface area (Å²) in [4.78, 5) is 16.2. The molecule has 0 spiro atoms. The summed E-state index contributed by atoms with van der Waals surface area (Å²) in [6, 6.07) is 12.9. The van der Waals surface area contributed by atoms with Gasteiger partial charge in [0.25, 0.3) is 5.91 Å². The van der Waals surface area contributed by atoms with Crippen LogP contribution in [0.3, 0.4) is 0 Å². The summed E-state index contributed by atoms with van der Waals surface area (Å²) in [6.07, 6.45) is 2.15. The number of aliphatic hydroxyl groups excluding tert-OH is 1. The van der Waals surface area contributed by atoms with Crippen molar-refractivity contribution in [3.63, 3.8) is 0 Å². The van der Waals surface area contributed by atoms with Crippen LogP contribution in [-0.2, 0) is 6.42 Å². The summed E-state index contributed by atoms with van der Waals surface area (Å²) in [5, 5.41) is 24.4. The number of amides is 1. The van der Waals surface area contributed by atoms with Crippen LogP contribution in [0.5, 0.6) is 0 Å². The van der Waals surface area contributed by atoms with E-state index < -0.39 is 0 Å². The molecule has 2 aromatic heterocycles. The number of aliphatic hydroxyl groups is 1. The summed E-state index contributed by atoms with van der Waals surface area (Å²) in [5.74, 6) is 0.660. The van der Waals surface area contributed by atoms with Crippen LogP contribution in [0, 0.1) is 5.92 Å². The Balaban J connectivity index is 0.00000256. The normalized spacial score (nSPS) is 15.9. The van der Waals surface area contributed by atoms with Gasteiger partial charge < -0.3 is 21.1 Å². The summed E-state index contributed by atoms with van der Waals surface area (Å²) < 4.78 is 1.78. The number of fused-ring (bicyclic) bond motifs is 1. The Morgan fingerprint density at radius 2 is 2.03 bits per heavy atom. The van der Waals surface area contributed by atoms with Gasteiger partial charge in [-0.2, -0.15) is 4.98 Å². The number of carbonyl (C=O) groups is 1. The smallest absolute Gasteiger partial charge is 0.251 e. The predicted octanol–water partition coefficient (Wildman–Crippen LogP) is 1.98. The molecule has 3 heterocycles. The number of hydrogen-bond donors (Lipinski definition) is 4. The zero-order chi connectivity index (χ0) is 20.2. The molecule has 8 heteroatoms. The maximum Gasteiger partial charge on any atom is 0.251 e. The monoisotopic (exact) mass is 396 g/mol. The molecule has 1 unspecified atom stereocenters. The molecule has 1 fully saturated rings. The van der Waals surface area contributed by atoms with Crippen LogP contribution < -0.4 is 16.0 Å². The van der Waals surface area contributed by atoms with E-state index in [1.165, 1.54) is 0 Å². The molecular weight excluding hydrogens is 368 g/mol. The molecule has 1 atom stereocenters. The third kappa shape index (κ3) is 4.38. The predicted molar refractivity (Wildman–Crippen MR) is 114 cm³/mol. The first kappa shape index (κ1) is 19.4. The van der Waals surface area contributed by atoms with Crippen molar-refractivity contribution in [1.82, 2.24) is 25.2 Å². The number of nitrogens with zero attached hydrogens (tertiary/aromatic N) is 3. The van der Waals surface area contributed by atoms with Crippen molar-refractivity contribution in [1.29, 1.82) is 0 Å². The van der Waals surface area contributed by atoms with Gasteiger partial charge in [-0.05, 0) is 68.2 Å². The Morgan fingerprint density at radius 1 is 1.28 bits per heavy atom. The molecule has 4 N–H and O–H groups in total. The van der Waals surface area contributed by atoms with Gasteiger partial charge in [-0.25, -0.2) is 4.52 Å². The van der Waals surface area contributed by atoms with Gasteiger partial charge in [0.05, 0.1) is 6.10 Å². The molecule has 8 nitrogen and oxygen atoms in total. The summed E-state index contributed by atoms with van der Waals surface area (Å²) in [6.45, 7) is 1.92. The lowest BCUT2D eigenvalue weighted by molar-refractivity contribution is 0.0877. The standard InChI is InChI=1S/C21H26N6O2.H2/c1-22-20(29)15-5-7-16(8-6-15)24-21-25-19-4-2-3-17(27(19)26-21)13-18(28)14-9-11-23-12-10-14;/h2-8,14,18,23,28H,9-13H2,1H3,(H,22,29)(H,24,26);1H. The maximum atomic E-state index is 11.7. The molecular formula is C21H28N6O2. The van der Waals surface area contributed by atoms with Crippen molar-refractivity contribution in [3.8, 4) is 0 Å². The van der Waals surface area contributed by atoms with Crippen molar-refractivity contribution >= 4 is 23.2 Å².